The zero-order valence-corrected chi connectivity index (χ0v) is 17.3. The molecule has 0 saturated heterocycles. The number of aliphatic hydroxyl groups is 1. The number of aliphatic hydroxyl groups excluding tert-OH is 1. The Bertz CT molecular complexity index is 869. The lowest BCUT2D eigenvalue weighted by molar-refractivity contribution is -0.148. The third kappa shape index (κ3) is 7.63. The van der Waals surface area contributed by atoms with Gasteiger partial charge in [0, 0.05) is 6.42 Å². The Morgan fingerprint density at radius 2 is 1.61 bits per heavy atom. The highest BCUT2D eigenvalue weighted by Gasteiger charge is 2.30. The van der Waals surface area contributed by atoms with E-state index in [-0.39, 0.29) is 18.8 Å². The van der Waals surface area contributed by atoms with Gasteiger partial charge in [0.2, 0.25) is 5.91 Å². The Hall–Kier alpha value is -3.59. The maximum absolute atomic E-state index is 12.8. The van der Waals surface area contributed by atoms with Gasteiger partial charge in [-0.3, -0.25) is 4.79 Å². The van der Waals surface area contributed by atoms with Crippen LogP contribution in [0.25, 0.3) is 0 Å². The number of nitrogens with one attached hydrogen (secondary N) is 2. The molecule has 0 aliphatic carbocycles. The van der Waals surface area contributed by atoms with Gasteiger partial charge >= 0.3 is 12.1 Å². The van der Waals surface area contributed by atoms with Crippen LogP contribution in [0, 0.1) is 0 Å². The summed E-state index contributed by atoms with van der Waals surface area (Å²) in [4.78, 5) is 37.0. The van der Waals surface area contributed by atoms with Gasteiger partial charge in [0.15, 0.2) is 6.04 Å². The van der Waals surface area contributed by atoms with Crippen LogP contribution in [0.15, 0.2) is 54.6 Å². The number of phenolic OH excluding ortho intramolecular Hbond substituents is 1. The van der Waals surface area contributed by atoms with Crippen LogP contribution >= 0.6 is 0 Å². The summed E-state index contributed by atoms with van der Waals surface area (Å²) in [5.41, 5.74) is 1.42. The van der Waals surface area contributed by atoms with Crippen molar-refractivity contribution in [1.29, 1.82) is 0 Å². The lowest BCUT2D eigenvalue weighted by atomic mass is 10.0. The number of methoxy groups -OCH3 is 1. The highest BCUT2D eigenvalue weighted by Crippen LogP contribution is 2.12. The molecule has 0 heterocycles. The van der Waals surface area contributed by atoms with Crippen LogP contribution in [0.4, 0.5) is 4.79 Å². The molecular formula is C22H26N2O7. The van der Waals surface area contributed by atoms with Crippen LogP contribution in [0.2, 0.25) is 0 Å². The molecule has 0 fully saturated rings. The summed E-state index contributed by atoms with van der Waals surface area (Å²) < 4.78 is 9.78. The van der Waals surface area contributed by atoms with Crippen molar-refractivity contribution in [1.82, 2.24) is 10.6 Å². The molecule has 9 nitrogen and oxygen atoms in total. The summed E-state index contributed by atoms with van der Waals surface area (Å²) in [6.45, 7) is 1.34. The summed E-state index contributed by atoms with van der Waals surface area (Å²) >= 11 is 0. The van der Waals surface area contributed by atoms with E-state index in [1.54, 1.807) is 36.4 Å². The number of esters is 1. The first-order chi connectivity index (χ1) is 14.8. The van der Waals surface area contributed by atoms with Crippen LogP contribution in [0.3, 0.4) is 0 Å². The molecule has 3 unspecified atom stereocenters. The first kappa shape index (κ1) is 23.7. The quantitative estimate of drug-likeness (QED) is 0.440. The van der Waals surface area contributed by atoms with Gasteiger partial charge in [-0.25, -0.2) is 9.59 Å². The largest absolute Gasteiger partial charge is 0.508 e. The highest BCUT2D eigenvalue weighted by molar-refractivity contribution is 5.90. The monoisotopic (exact) mass is 430 g/mol. The normalized spacial score (nSPS) is 13.4. The van der Waals surface area contributed by atoms with Crippen molar-refractivity contribution in [3.8, 4) is 5.75 Å². The fourth-order valence-electron chi connectivity index (χ4n) is 2.74. The van der Waals surface area contributed by atoms with Gasteiger partial charge in [-0.05, 0) is 30.2 Å². The topological polar surface area (TPSA) is 134 Å². The summed E-state index contributed by atoms with van der Waals surface area (Å²) in [5.74, 6) is -1.47. The van der Waals surface area contributed by atoms with E-state index in [9.17, 15) is 24.6 Å². The van der Waals surface area contributed by atoms with Crippen molar-refractivity contribution in [2.24, 2.45) is 0 Å². The lowest BCUT2D eigenvalue weighted by Crippen LogP contribution is -2.55. The van der Waals surface area contributed by atoms with Crippen molar-refractivity contribution < 1.29 is 34.1 Å². The Morgan fingerprint density at radius 3 is 2.19 bits per heavy atom. The molecule has 0 bridgehead atoms. The number of phenols is 1. The molecule has 4 N–H and O–H groups in total. The molecule has 0 saturated carbocycles. The maximum atomic E-state index is 12.8. The van der Waals surface area contributed by atoms with Gasteiger partial charge < -0.3 is 30.3 Å². The number of carbonyl (C=O) groups is 3. The third-order valence-electron chi connectivity index (χ3n) is 4.43. The van der Waals surface area contributed by atoms with E-state index < -0.39 is 36.2 Å². The first-order valence-corrected chi connectivity index (χ1v) is 9.61. The number of ether oxygens (including phenoxy) is 2. The minimum atomic E-state index is -1.30. The number of hydrogen-bond donors (Lipinski definition) is 4. The first-order valence-electron chi connectivity index (χ1n) is 9.61. The van der Waals surface area contributed by atoms with Crippen LogP contribution in [0.1, 0.15) is 18.1 Å². The molecule has 2 aromatic carbocycles. The van der Waals surface area contributed by atoms with Crippen molar-refractivity contribution in [2.75, 3.05) is 7.11 Å². The van der Waals surface area contributed by atoms with Gasteiger partial charge in [0.05, 0.1) is 13.2 Å². The molecule has 0 aromatic heterocycles. The van der Waals surface area contributed by atoms with Crippen molar-refractivity contribution in [2.45, 2.75) is 38.1 Å². The number of carbonyl (C=O) groups excluding carboxylic acids is 3. The van der Waals surface area contributed by atoms with Crippen LogP contribution in [-0.4, -0.2) is 53.5 Å². The van der Waals surface area contributed by atoms with Gasteiger partial charge in [0.1, 0.15) is 18.4 Å². The molecule has 0 aliphatic heterocycles. The zero-order valence-electron chi connectivity index (χ0n) is 17.3. The predicted molar refractivity (Wildman–Crippen MR) is 111 cm³/mol. The van der Waals surface area contributed by atoms with E-state index in [1.165, 1.54) is 19.1 Å². The molecule has 31 heavy (non-hydrogen) atoms. The smallest absolute Gasteiger partial charge is 0.408 e. The Morgan fingerprint density at radius 1 is 0.968 bits per heavy atom. The number of hydrogen-bond acceptors (Lipinski definition) is 7. The number of alkyl carbamates (subject to hydrolysis) is 1. The molecule has 9 heteroatoms. The number of amides is 2. The van der Waals surface area contributed by atoms with Gasteiger partial charge in [-0.2, -0.15) is 0 Å². The minimum Gasteiger partial charge on any atom is -0.508 e. The second-order valence-electron chi connectivity index (χ2n) is 6.88. The molecule has 2 rings (SSSR count). The molecule has 0 aliphatic rings. The Balaban J connectivity index is 2.10. The Kier molecular flexibility index (Phi) is 8.83. The van der Waals surface area contributed by atoms with Crippen LogP contribution in [-0.2, 0) is 32.1 Å². The molecule has 2 aromatic rings. The van der Waals surface area contributed by atoms with Crippen molar-refractivity contribution in [3.63, 3.8) is 0 Å². The minimum absolute atomic E-state index is 0.0126. The average molecular weight is 430 g/mol. The fraction of sp³-hybridized carbons (Fsp3) is 0.318. The predicted octanol–water partition coefficient (Wildman–Crippen LogP) is 1.27. The number of rotatable bonds is 9. The number of aromatic hydroxyl groups is 1. The summed E-state index contributed by atoms with van der Waals surface area (Å²) in [6.07, 6.45) is -1.98. The summed E-state index contributed by atoms with van der Waals surface area (Å²) in [6, 6.07) is 12.7. The third-order valence-corrected chi connectivity index (χ3v) is 4.43. The van der Waals surface area contributed by atoms with Gasteiger partial charge in [-0.1, -0.05) is 42.5 Å². The fourth-order valence-corrected chi connectivity index (χ4v) is 2.74. The molecule has 3 atom stereocenters. The second-order valence-corrected chi connectivity index (χ2v) is 6.88. The zero-order chi connectivity index (χ0) is 22.8. The van der Waals surface area contributed by atoms with E-state index in [0.717, 1.165) is 12.7 Å². The summed E-state index contributed by atoms with van der Waals surface area (Å²) in [7, 11) is 1.14. The van der Waals surface area contributed by atoms with E-state index in [4.69, 9.17) is 4.74 Å². The van der Waals surface area contributed by atoms with Crippen LogP contribution < -0.4 is 10.6 Å². The molecule has 2 amide bonds. The Labute approximate surface area is 180 Å². The SMILES string of the molecule is COC(=O)C(NC(=O)C(Cc1ccc(O)cc1)NC(=O)OCc1ccccc1)C(C)O. The van der Waals surface area contributed by atoms with Gasteiger partial charge in [0.25, 0.3) is 0 Å². The lowest BCUT2D eigenvalue weighted by Gasteiger charge is -2.23. The van der Waals surface area contributed by atoms with E-state index in [0.29, 0.717) is 5.56 Å². The van der Waals surface area contributed by atoms with Crippen LogP contribution in [0.5, 0.6) is 5.75 Å². The molecular weight excluding hydrogens is 404 g/mol. The molecule has 0 radical (unpaired) electrons. The maximum Gasteiger partial charge on any atom is 0.408 e. The molecule has 166 valence electrons. The van der Waals surface area contributed by atoms with E-state index in [2.05, 4.69) is 15.4 Å². The number of benzene rings is 2. The highest BCUT2D eigenvalue weighted by atomic mass is 16.5. The van der Waals surface area contributed by atoms with Crippen molar-refractivity contribution in [3.05, 3.63) is 65.7 Å². The van der Waals surface area contributed by atoms with E-state index in [1.807, 2.05) is 6.07 Å². The average Bonchev–Trinajstić information content (AvgIpc) is 2.76. The molecule has 0 spiro atoms. The second kappa shape index (κ2) is 11.6. The summed E-state index contributed by atoms with van der Waals surface area (Å²) in [5, 5.41) is 24.1. The van der Waals surface area contributed by atoms with E-state index >= 15 is 0 Å². The van der Waals surface area contributed by atoms with Gasteiger partial charge in [-0.15, -0.1) is 0 Å². The van der Waals surface area contributed by atoms with Crippen molar-refractivity contribution >= 4 is 18.0 Å². The standard InChI is InChI=1S/C22H26N2O7/c1-14(25)19(21(28)30-2)24-20(27)18(12-15-8-10-17(26)11-9-15)23-22(29)31-13-16-6-4-3-5-7-16/h3-11,14,18-19,25-26H,12-13H2,1-2H3,(H,23,29)(H,24,27).